The third-order valence-electron chi connectivity index (χ3n) is 2.40. The summed E-state index contributed by atoms with van der Waals surface area (Å²) in [6, 6.07) is 9.69. The highest BCUT2D eigenvalue weighted by Gasteiger charge is 2.17. The Kier molecular flexibility index (Phi) is 4.99. The zero-order valence-corrected chi connectivity index (χ0v) is 9.81. The minimum absolute atomic E-state index is 0.192. The predicted molar refractivity (Wildman–Crippen MR) is 64.5 cm³/mol. The maximum atomic E-state index is 11.0. The minimum Gasteiger partial charge on any atom is -0.480 e. The van der Waals surface area contributed by atoms with Gasteiger partial charge in [-0.05, 0) is 18.4 Å². The minimum atomic E-state index is -0.773. The summed E-state index contributed by atoms with van der Waals surface area (Å²) < 4.78 is 0. The molecule has 0 aliphatic rings. The van der Waals surface area contributed by atoms with Gasteiger partial charge in [-0.25, -0.2) is 0 Å². The number of hydrogen-bond acceptors (Lipinski definition) is 2. The van der Waals surface area contributed by atoms with Crippen LogP contribution in [0.5, 0.6) is 0 Å². The fraction of sp³-hybridized carbons (Fsp3) is 0.462. The van der Waals surface area contributed by atoms with Crippen molar-refractivity contribution in [3.05, 3.63) is 35.9 Å². The highest BCUT2D eigenvalue weighted by atomic mass is 16.4. The van der Waals surface area contributed by atoms with Gasteiger partial charge in [0.15, 0.2) is 0 Å². The Morgan fingerprint density at radius 3 is 2.44 bits per heavy atom. The average Bonchev–Trinajstić information content (AvgIpc) is 2.25. The van der Waals surface area contributed by atoms with Gasteiger partial charge >= 0.3 is 5.97 Å². The van der Waals surface area contributed by atoms with Crippen LogP contribution in [0.2, 0.25) is 0 Å². The van der Waals surface area contributed by atoms with Gasteiger partial charge in [0.25, 0.3) is 0 Å². The van der Waals surface area contributed by atoms with E-state index in [1.54, 1.807) is 0 Å². The molecule has 0 amide bonds. The van der Waals surface area contributed by atoms with E-state index >= 15 is 0 Å². The van der Waals surface area contributed by atoms with Crippen molar-refractivity contribution in [2.45, 2.75) is 38.8 Å². The molecule has 0 heterocycles. The van der Waals surface area contributed by atoms with Gasteiger partial charge in [-0.15, -0.1) is 0 Å². The number of benzene rings is 1. The first-order valence-corrected chi connectivity index (χ1v) is 5.62. The molecule has 2 N–H and O–H groups in total. The highest BCUT2D eigenvalue weighted by Crippen LogP contribution is 2.05. The van der Waals surface area contributed by atoms with Gasteiger partial charge in [0, 0.05) is 6.04 Å². The van der Waals surface area contributed by atoms with E-state index in [2.05, 4.69) is 5.32 Å². The summed E-state index contributed by atoms with van der Waals surface area (Å²) in [5, 5.41) is 12.1. The van der Waals surface area contributed by atoms with Gasteiger partial charge in [-0.2, -0.15) is 0 Å². The molecule has 0 spiro atoms. The number of carbonyl (C=O) groups is 1. The molecule has 0 unspecified atom stereocenters. The Labute approximate surface area is 96.5 Å². The Hall–Kier alpha value is -1.35. The van der Waals surface area contributed by atoms with Crippen molar-refractivity contribution in [1.82, 2.24) is 5.32 Å². The van der Waals surface area contributed by atoms with Crippen molar-refractivity contribution in [3.63, 3.8) is 0 Å². The molecule has 0 saturated heterocycles. The molecule has 88 valence electrons. The summed E-state index contributed by atoms with van der Waals surface area (Å²) in [6.07, 6.45) is 1.41. The SMILES string of the molecule is CC(C)N[C@@H](CCc1ccccc1)C(=O)O. The largest absolute Gasteiger partial charge is 0.480 e. The Bertz CT molecular complexity index is 322. The number of nitrogens with one attached hydrogen (secondary N) is 1. The van der Waals surface area contributed by atoms with Crippen molar-refractivity contribution in [2.75, 3.05) is 0 Å². The van der Waals surface area contributed by atoms with Crippen molar-refractivity contribution in [2.24, 2.45) is 0 Å². The van der Waals surface area contributed by atoms with E-state index in [4.69, 9.17) is 5.11 Å². The second-order valence-electron chi connectivity index (χ2n) is 4.24. The van der Waals surface area contributed by atoms with Gasteiger partial charge in [0.1, 0.15) is 6.04 Å². The molecule has 1 atom stereocenters. The lowest BCUT2D eigenvalue weighted by Crippen LogP contribution is -2.41. The molecule has 0 aromatic heterocycles. The van der Waals surface area contributed by atoms with Crippen molar-refractivity contribution in [1.29, 1.82) is 0 Å². The summed E-state index contributed by atoms with van der Waals surface area (Å²) in [4.78, 5) is 11.0. The summed E-state index contributed by atoms with van der Waals surface area (Å²) in [5.41, 5.74) is 1.18. The van der Waals surface area contributed by atoms with E-state index in [1.807, 2.05) is 44.2 Å². The zero-order valence-electron chi connectivity index (χ0n) is 9.81. The fourth-order valence-electron chi connectivity index (χ4n) is 1.64. The van der Waals surface area contributed by atoms with Crippen LogP contribution in [0, 0.1) is 0 Å². The molecule has 0 bridgehead atoms. The third kappa shape index (κ3) is 4.45. The number of aliphatic carboxylic acids is 1. The lowest BCUT2D eigenvalue weighted by Gasteiger charge is -2.17. The standard InChI is InChI=1S/C13H19NO2/c1-10(2)14-12(13(15)16)9-8-11-6-4-3-5-7-11/h3-7,10,12,14H,8-9H2,1-2H3,(H,15,16)/t12-/m0/s1. The van der Waals surface area contributed by atoms with E-state index in [0.717, 1.165) is 6.42 Å². The molecule has 16 heavy (non-hydrogen) atoms. The van der Waals surface area contributed by atoms with Crippen LogP contribution in [0.1, 0.15) is 25.8 Å². The molecule has 0 radical (unpaired) electrons. The molecule has 0 aliphatic heterocycles. The number of hydrogen-bond donors (Lipinski definition) is 2. The van der Waals surface area contributed by atoms with Crippen LogP contribution >= 0.6 is 0 Å². The van der Waals surface area contributed by atoms with Gasteiger partial charge in [0.05, 0.1) is 0 Å². The lowest BCUT2D eigenvalue weighted by atomic mass is 10.0. The first-order chi connectivity index (χ1) is 7.59. The third-order valence-corrected chi connectivity index (χ3v) is 2.40. The monoisotopic (exact) mass is 221 g/mol. The zero-order chi connectivity index (χ0) is 12.0. The van der Waals surface area contributed by atoms with Crippen LogP contribution in [0.25, 0.3) is 0 Å². The molecular weight excluding hydrogens is 202 g/mol. The van der Waals surface area contributed by atoms with Crippen LogP contribution in [0.3, 0.4) is 0 Å². The first-order valence-electron chi connectivity index (χ1n) is 5.62. The first kappa shape index (κ1) is 12.7. The Balaban J connectivity index is 2.47. The average molecular weight is 221 g/mol. The number of aryl methyl sites for hydroxylation is 1. The number of carboxylic acid groups (broad SMARTS) is 1. The molecule has 3 nitrogen and oxygen atoms in total. The maximum absolute atomic E-state index is 11.0. The molecular formula is C13H19NO2. The highest BCUT2D eigenvalue weighted by molar-refractivity contribution is 5.73. The van der Waals surface area contributed by atoms with Crippen LogP contribution < -0.4 is 5.32 Å². The molecule has 1 rings (SSSR count). The van der Waals surface area contributed by atoms with Gasteiger partial charge in [-0.3, -0.25) is 4.79 Å². The van der Waals surface area contributed by atoms with Crippen LogP contribution in [-0.4, -0.2) is 23.2 Å². The Morgan fingerprint density at radius 2 is 1.94 bits per heavy atom. The number of rotatable bonds is 6. The predicted octanol–water partition coefficient (Wildman–Crippen LogP) is 2.07. The van der Waals surface area contributed by atoms with Gasteiger partial charge in [-0.1, -0.05) is 44.2 Å². The van der Waals surface area contributed by atoms with Crippen molar-refractivity contribution in [3.8, 4) is 0 Å². The van der Waals surface area contributed by atoms with E-state index in [1.165, 1.54) is 5.56 Å². The summed E-state index contributed by atoms with van der Waals surface area (Å²) >= 11 is 0. The van der Waals surface area contributed by atoms with Crippen LogP contribution in [0.4, 0.5) is 0 Å². The summed E-state index contributed by atoms with van der Waals surface area (Å²) in [7, 11) is 0. The molecule has 1 aromatic rings. The quantitative estimate of drug-likeness (QED) is 0.773. The van der Waals surface area contributed by atoms with Gasteiger partial charge in [0.2, 0.25) is 0 Å². The lowest BCUT2D eigenvalue weighted by molar-refractivity contribution is -0.139. The van der Waals surface area contributed by atoms with Crippen molar-refractivity contribution >= 4 is 5.97 Å². The van der Waals surface area contributed by atoms with Crippen LogP contribution in [0.15, 0.2) is 30.3 Å². The molecule has 0 fully saturated rings. The van der Waals surface area contributed by atoms with E-state index < -0.39 is 12.0 Å². The normalized spacial score (nSPS) is 12.7. The fourth-order valence-corrected chi connectivity index (χ4v) is 1.64. The van der Waals surface area contributed by atoms with Crippen molar-refractivity contribution < 1.29 is 9.90 Å². The molecule has 1 aromatic carbocycles. The van der Waals surface area contributed by atoms with Gasteiger partial charge < -0.3 is 10.4 Å². The topological polar surface area (TPSA) is 49.3 Å². The van der Waals surface area contributed by atoms with Crippen LogP contribution in [-0.2, 0) is 11.2 Å². The van der Waals surface area contributed by atoms with E-state index in [0.29, 0.717) is 6.42 Å². The van der Waals surface area contributed by atoms with E-state index in [9.17, 15) is 4.79 Å². The second kappa shape index (κ2) is 6.28. The molecule has 0 saturated carbocycles. The maximum Gasteiger partial charge on any atom is 0.320 e. The Morgan fingerprint density at radius 1 is 1.31 bits per heavy atom. The second-order valence-corrected chi connectivity index (χ2v) is 4.24. The molecule has 0 aliphatic carbocycles. The molecule has 3 heteroatoms. The summed E-state index contributed by atoms with van der Waals surface area (Å²) in [6.45, 7) is 3.91. The number of carboxylic acids is 1. The summed E-state index contributed by atoms with van der Waals surface area (Å²) in [5.74, 6) is -0.773. The van der Waals surface area contributed by atoms with E-state index in [-0.39, 0.29) is 6.04 Å². The smallest absolute Gasteiger partial charge is 0.320 e.